The highest BCUT2D eigenvalue weighted by molar-refractivity contribution is 6.18. The van der Waals surface area contributed by atoms with Gasteiger partial charge < -0.3 is 5.32 Å². The van der Waals surface area contributed by atoms with Crippen LogP contribution >= 0.6 is 0 Å². The predicted octanol–water partition coefficient (Wildman–Crippen LogP) is 4.05. The maximum absolute atomic E-state index is 13.0. The number of carbonyl (C=O) groups is 3. The van der Waals surface area contributed by atoms with Crippen LogP contribution < -0.4 is 10.6 Å². The highest BCUT2D eigenvalue weighted by atomic mass is 19.4. The third-order valence-electron chi connectivity index (χ3n) is 5.24. The molecule has 0 radical (unpaired) electrons. The average Bonchev–Trinajstić information content (AvgIpc) is 2.67. The zero-order valence-corrected chi connectivity index (χ0v) is 15.9. The summed E-state index contributed by atoms with van der Waals surface area (Å²) in [5, 5.41) is 4.96. The molecular weight excluding hydrogens is 387 g/mol. The molecule has 3 rings (SSSR count). The molecule has 2 fully saturated rings. The van der Waals surface area contributed by atoms with Gasteiger partial charge in [-0.25, -0.2) is 4.79 Å². The maximum Gasteiger partial charge on any atom is 0.416 e. The van der Waals surface area contributed by atoms with Crippen LogP contribution in [0, 0.1) is 5.92 Å². The van der Waals surface area contributed by atoms with Crippen molar-refractivity contribution >= 4 is 23.5 Å². The van der Waals surface area contributed by atoms with Gasteiger partial charge in [0, 0.05) is 17.4 Å². The molecule has 0 aromatic heterocycles. The van der Waals surface area contributed by atoms with Gasteiger partial charge in [-0.3, -0.25) is 19.8 Å². The van der Waals surface area contributed by atoms with Crippen molar-refractivity contribution < 1.29 is 27.6 Å². The summed E-state index contributed by atoms with van der Waals surface area (Å²) in [7, 11) is 0. The molecule has 0 bridgehead atoms. The second-order valence-corrected chi connectivity index (χ2v) is 7.18. The van der Waals surface area contributed by atoms with Crippen molar-refractivity contribution in [1.82, 2.24) is 10.2 Å². The fourth-order valence-corrected chi connectivity index (χ4v) is 3.80. The Hall–Kier alpha value is -2.84. The summed E-state index contributed by atoms with van der Waals surface area (Å²) in [4.78, 5) is 38.9. The zero-order chi connectivity index (χ0) is 21.2. The second kappa shape index (κ2) is 8.26. The number of urea groups is 1. The second-order valence-electron chi connectivity index (χ2n) is 7.18. The predicted molar refractivity (Wildman–Crippen MR) is 99.6 cm³/mol. The Labute approximate surface area is 166 Å². The molecule has 1 atom stereocenters. The summed E-state index contributed by atoms with van der Waals surface area (Å²) >= 11 is 0. The highest BCUT2D eigenvalue weighted by Gasteiger charge is 2.45. The Morgan fingerprint density at radius 1 is 1.17 bits per heavy atom. The molecule has 1 aliphatic carbocycles. The number of hydrogen-bond donors (Lipinski definition) is 2. The van der Waals surface area contributed by atoms with Crippen LogP contribution in [0.4, 0.5) is 23.7 Å². The normalized spacial score (nSPS) is 21.9. The molecule has 2 N–H and O–H groups in total. The van der Waals surface area contributed by atoms with Crippen molar-refractivity contribution in [1.29, 1.82) is 0 Å². The lowest BCUT2D eigenvalue weighted by Crippen LogP contribution is -2.61. The van der Waals surface area contributed by atoms with E-state index in [0.717, 1.165) is 36.3 Å². The van der Waals surface area contributed by atoms with E-state index < -0.39 is 35.5 Å². The molecule has 1 saturated carbocycles. The van der Waals surface area contributed by atoms with Crippen LogP contribution in [-0.2, 0) is 15.8 Å². The molecule has 9 heteroatoms. The van der Waals surface area contributed by atoms with Gasteiger partial charge in [0.15, 0.2) is 5.92 Å². The van der Waals surface area contributed by atoms with E-state index in [4.69, 9.17) is 0 Å². The van der Waals surface area contributed by atoms with Crippen LogP contribution in [0.5, 0.6) is 0 Å². The zero-order valence-electron chi connectivity index (χ0n) is 15.9. The van der Waals surface area contributed by atoms with Crippen LogP contribution in [-0.4, -0.2) is 28.8 Å². The third kappa shape index (κ3) is 4.44. The Bertz CT molecular complexity index is 845. The first-order valence-corrected chi connectivity index (χ1v) is 9.50. The Morgan fingerprint density at radius 2 is 1.86 bits per heavy atom. The first-order valence-electron chi connectivity index (χ1n) is 9.50. The number of rotatable bonds is 4. The van der Waals surface area contributed by atoms with E-state index in [9.17, 15) is 27.6 Å². The van der Waals surface area contributed by atoms with Crippen LogP contribution in [0.25, 0.3) is 0 Å². The van der Waals surface area contributed by atoms with Gasteiger partial charge in [0.25, 0.3) is 0 Å². The molecule has 1 saturated heterocycles. The van der Waals surface area contributed by atoms with Gasteiger partial charge in [-0.1, -0.05) is 31.4 Å². The monoisotopic (exact) mass is 409 g/mol. The van der Waals surface area contributed by atoms with Crippen LogP contribution in [0.1, 0.15) is 44.6 Å². The topological polar surface area (TPSA) is 78.5 Å². The molecule has 1 aliphatic heterocycles. The van der Waals surface area contributed by atoms with Gasteiger partial charge in [0.2, 0.25) is 11.8 Å². The minimum atomic E-state index is -4.52. The molecule has 6 nitrogen and oxygen atoms in total. The van der Waals surface area contributed by atoms with Gasteiger partial charge in [-0.15, -0.1) is 0 Å². The highest BCUT2D eigenvalue weighted by Crippen LogP contribution is 2.32. The molecule has 4 amide bonds. The first kappa shape index (κ1) is 20.9. The number of nitrogens with one attached hydrogen (secondary N) is 2. The molecule has 1 aromatic rings. The molecule has 0 unspecified atom stereocenters. The lowest BCUT2D eigenvalue weighted by Gasteiger charge is -2.38. The minimum absolute atomic E-state index is 0.0923. The average molecular weight is 409 g/mol. The molecule has 2 aliphatic rings. The van der Waals surface area contributed by atoms with Gasteiger partial charge in [0.1, 0.15) is 0 Å². The number of amides is 4. The summed E-state index contributed by atoms with van der Waals surface area (Å²) in [6.45, 7) is 1.57. The SMILES string of the molecule is C/C=C(\Nc1cccc(C(F)(F)F)c1)[C@H]1C(=O)NC(=O)N(C2CCCCC2)C1=O. The molecule has 1 aromatic carbocycles. The van der Waals surface area contributed by atoms with E-state index >= 15 is 0 Å². The lowest BCUT2D eigenvalue weighted by molar-refractivity contribution is -0.143. The van der Waals surface area contributed by atoms with Crippen molar-refractivity contribution in [2.75, 3.05) is 5.32 Å². The maximum atomic E-state index is 13.0. The van der Waals surface area contributed by atoms with Crippen molar-refractivity contribution in [2.45, 2.75) is 51.2 Å². The van der Waals surface area contributed by atoms with Gasteiger partial charge >= 0.3 is 12.2 Å². The number of nitrogens with zero attached hydrogens (tertiary/aromatic N) is 1. The largest absolute Gasteiger partial charge is 0.416 e. The summed E-state index contributed by atoms with van der Waals surface area (Å²) < 4.78 is 38.9. The fraction of sp³-hybridized carbons (Fsp3) is 0.450. The number of halogens is 3. The first-order chi connectivity index (χ1) is 13.7. The number of allylic oxidation sites excluding steroid dienone is 1. The third-order valence-corrected chi connectivity index (χ3v) is 5.24. The van der Waals surface area contributed by atoms with Gasteiger partial charge in [-0.05, 0) is 38.0 Å². The molecule has 156 valence electrons. The Balaban J connectivity index is 1.85. The Morgan fingerprint density at radius 3 is 2.48 bits per heavy atom. The van der Waals surface area contributed by atoms with Crippen molar-refractivity contribution in [3.63, 3.8) is 0 Å². The van der Waals surface area contributed by atoms with E-state index in [1.54, 1.807) is 6.92 Å². The number of imide groups is 2. The minimum Gasteiger partial charge on any atom is -0.358 e. The number of barbiturate groups is 1. The summed E-state index contributed by atoms with van der Waals surface area (Å²) in [6, 6.07) is 3.46. The van der Waals surface area contributed by atoms with E-state index in [1.165, 1.54) is 18.2 Å². The number of benzene rings is 1. The fourth-order valence-electron chi connectivity index (χ4n) is 3.80. The number of alkyl halides is 3. The molecule has 29 heavy (non-hydrogen) atoms. The van der Waals surface area contributed by atoms with Crippen molar-refractivity contribution in [3.8, 4) is 0 Å². The van der Waals surface area contributed by atoms with E-state index in [0.29, 0.717) is 12.8 Å². The van der Waals surface area contributed by atoms with Crippen molar-refractivity contribution in [3.05, 3.63) is 41.6 Å². The number of hydrogen-bond acceptors (Lipinski definition) is 4. The van der Waals surface area contributed by atoms with Crippen LogP contribution in [0.15, 0.2) is 36.0 Å². The quantitative estimate of drug-likeness (QED) is 0.736. The molecule has 0 spiro atoms. The van der Waals surface area contributed by atoms with Crippen LogP contribution in [0.2, 0.25) is 0 Å². The molecular formula is C20H22F3N3O3. The lowest BCUT2D eigenvalue weighted by atomic mass is 9.91. The molecule has 1 heterocycles. The summed E-state index contributed by atoms with van der Waals surface area (Å²) in [5.41, 5.74) is -0.633. The number of anilines is 1. The van der Waals surface area contributed by atoms with Crippen molar-refractivity contribution in [2.24, 2.45) is 5.92 Å². The van der Waals surface area contributed by atoms with Gasteiger partial charge in [0.05, 0.1) is 5.56 Å². The summed E-state index contributed by atoms with van der Waals surface area (Å²) in [5.74, 6) is -2.77. The van der Waals surface area contributed by atoms with E-state index in [-0.39, 0.29) is 17.4 Å². The van der Waals surface area contributed by atoms with E-state index in [2.05, 4.69) is 10.6 Å². The standard InChI is InChI=1S/C20H22F3N3O3/c1-2-15(24-13-8-6-7-12(11-13)20(21,22)23)16-17(27)25-19(29)26(18(16)28)14-9-4-3-5-10-14/h2,6-8,11,14,16,24H,3-5,9-10H2,1H3,(H,25,27,29)/b15-2-/t16-/m0/s1. The van der Waals surface area contributed by atoms with Gasteiger partial charge in [-0.2, -0.15) is 13.2 Å². The Kier molecular flexibility index (Phi) is 5.95. The van der Waals surface area contributed by atoms with Crippen LogP contribution in [0.3, 0.4) is 0 Å². The van der Waals surface area contributed by atoms with E-state index in [1.807, 2.05) is 0 Å². The summed E-state index contributed by atoms with van der Waals surface area (Å²) in [6.07, 6.45) is 1.09. The number of carbonyl (C=O) groups excluding carboxylic acids is 3. The smallest absolute Gasteiger partial charge is 0.358 e.